The van der Waals surface area contributed by atoms with Gasteiger partial charge in [-0.15, -0.1) is 0 Å². The summed E-state index contributed by atoms with van der Waals surface area (Å²) in [5.41, 5.74) is 11.0. The van der Waals surface area contributed by atoms with E-state index in [2.05, 4.69) is 0 Å². The van der Waals surface area contributed by atoms with E-state index in [9.17, 15) is 14.9 Å². The molecule has 2 atom stereocenters. The maximum atomic E-state index is 11.4. The van der Waals surface area contributed by atoms with Crippen LogP contribution in [0.25, 0.3) is 0 Å². The van der Waals surface area contributed by atoms with Crippen molar-refractivity contribution in [3.05, 3.63) is 33.9 Å². The molecule has 7 nitrogen and oxygen atoms in total. The van der Waals surface area contributed by atoms with Crippen molar-refractivity contribution in [2.45, 2.75) is 37.8 Å². The quantitative estimate of drug-likeness (QED) is 0.636. The molecule has 108 valence electrons. The molecule has 7 heteroatoms. The molecule has 0 heterocycles. The first-order chi connectivity index (χ1) is 9.47. The molecule has 0 bridgehead atoms. The highest BCUT2D eigenvalue weighted by Gasteiger charge is 2.23. The minimum Gasteiger partial charge on any atom is -0.490 e. The van der Waals surface area contributed by atoms with Crippen molar-refractivity contribution < 1.29 is 14.5 Å². The number of hydrogen-bond acceptors (Lipinski definition) is 5. The van der Waals surface area contributed by atoms with Crippen LogP contribution >= 0.6 is 0 Å². The van der Waals surface area contributed by atoms with Gasteiger partial charge in [-0.1, -0.05) is 0 Å². The fourth-order valence-electron chi connectivity index (χ4n) is 2.39. The van der Waals surface area contributed by atoms with Crippen LogP contribution in [0.5, 0.6) is 5.75 Å². The van der Waals surface area contributed by atoms with E-state index in [0.717, 1.165) is 25.3 Å². The number of amides is 1. The topological polar surface area (TPSA) is 121 Å². The summed E-state index contributed by atoms with van der Waals surface area (Å²) in [7, 11) is 0. The third kappa shape index (κ3) is 3.24. The van der Waals surface area contributed by atoms with E-state index < -0.39 is 10.8 Å². The summed E-state index contributed by atoms with van der Waals surface area (Å²) in [5.74, 6) is -0.467. The monoisotopic (exact) mass is 279 g/mol. The van der Waals surface area contributed by atoms with Gasteiger partial charge in [-0.3, -0.25) is 14.9 Å². The number of carbonyl (C=O) groups excluding carboxylic acids is 1. The molecule has 0 aliphatic heterocycles. The van der Waals surface area contributed by atoms with E-state index in [-0.39, 0.29) is 29.1 Å². The van der Waals surface area contributed by atoms with Gasteiger partial charge < -0.3 is 16.2 Å². The molecule has 20 heavy (non-hydrogen) atoms. The first-order valence-electron chi connectivity index (χ1n) is 6.48. The van der Waals surface area contributed by atoms with Crippen molar-refractivity contribution in [1.29, 1.82) is 0 Å². The third-order valence-electron chi connectivity index (χ3n) is 3.40. The van der Waals surface area contributed by atoms with Crippen molar-refractivity contribution in [2.75, 3.05) is 0 Å². The minimum atomic E-state index is -0.746. The van der Waals surface area contributed by atoms with Gasteiger partial charge in [0.2, 0.25) is 0 Å². The number of nitro benzene ring substituents is 1. The molecular formula is C13H17N3O4. The maximum Gasteiger partial charge on any atom is 0.270 e. The summed E-state index contributed by atoms with van der Waals surface area (Å²) in [4.78, 5) is 21.5. The van der Waals surface area contributed by atoms with Crippen molar-refractivity contribution >= 4 is 11.6 Å². The van der Waals surface area contributed by atoms with Gasteiger partial charge in [0, 0.05) is 18.2 Å². The molecule has 1 aliphatic rings. The average Bonchev–Trinajstić information content (AvgIpc) is 2.38. The molecule has 0 spiro atoms. The molecule has 4 N–H and O–H groups in total. The highest BCUT2D eigenvalue weighted by molar-refractivity contribution is 5.96. The number of carbonyl (C=O) groups is 1. The third-order valence-corrected chi connectivity index (χ3v) is 3.40. The Kier molecular flexibility index (Phi) is 4.19. The lowest BCUT2D eigenvalue weighted by atomic mass is 9.93. The molecule has 0 radical (unpaired) electrons. The molecule has 1 aromatic rings. The Morgan fingerprint density at radius 2 is 2.15 bits per heavy atom. The molecule has 0 saturated heterocycles. The number of non-ortho nitro benzene ring substituents is 1. The zero-order chi connectivity index (χ0) is 14.7. The smallest absolute Gasteiger partial charge is 0.270 e. The van der Waals surface area contributed by atoms with Crippen molar-refractivity contribution in [3.63, 3.8) is 0 Å². The number of nitro groups is 1. The highest BCUT2D eigenvalue weighted by atomic mass is 16.6. The first-order valence-corrected chi connectivity index (χ1v) is 6.48. The molecule has 2 unspecified atom stereocenters. The maximum absolute atomic E-state index is 11.4. The second kappa shape index (κ2) is 5.87. The van der Waals surface area contributed by atoms with E-state index in [0.29, 0.717) is 6.42 Å². The van der Waals surface area contributed by atoms with E-state index in [1.54, 1.807) is 0 Å². The van der Waals surface area contributed by atoms with E-state index in [1.807, 2.05) is 0 Å². The van der Waals surface area contributed by atoms with Crippen molar-refractivity contribution in [2.24, 2.45) is 11.5 Å². The number of nitrogens with two attached hydrogens (primary N) is 2. The highest BCUT2D eigenvalue weighted by Crippen LogP contribution is 2.28. The van der Waals surface area contributed by atoms with Crippen LogP contribution in [-0.4, -0.2) is 23.0 Å². The lowest BCUT2D eigenvalue weighted by Gasteiger charge is -2.27. The first kappa shape index (κ1) is 14.3. The largest absolute Gasteiger partial charge is 0.490 e. The summed E-state index contributed by atoms with van der Waals surface area (Å²) < 4.78 is 5.75. The standard InChI is InChI=1S/C13H17N3O4/c14-8-2-1-3-10(6-8)20-12-5-4-9(16(18)19)7-11(12)13(15)17/h4-5,7-8,10H,1-3,6,14H2,(H2,15,17). The molecule has 1 saturated carbocycles. The summed E-state index contributed by atoms with van der Waals surface area (Å²) in [6.45, 7) is 0. The second-order valence-corrected chi connectivity index (χ2v) is 4.97. The van der Waals surface area contributed by atoms with Gasteiger partial charge in [0.05, 0.1) is 10.5 Å². The van der Waals surface area contributed by atoms with Crippen LogP contribution in [0, 0.1) is 10.1 Å². The number of hydrogen-bond donors (Lipinski definition) is 2. The Morgan fingerprint density at radius 1 is 1.40 bits per heavy atom. The predicted molar refractivity (Wildman–Crippen MR) is 72.5 cm³/mol. The normalized spacial score (nSPS) is 22.2. The van der Waals surface area contributed by atoms with Crippen molar-refractivity contribution in [3.8, 4) is 5.75 Å². The van der Waals surface area contributed by atoms with Gasteiger partial charge in [0.25, 0.3) is 11.6 Å². The van der Waals surface area contributed by atoms with Gasteiger partial charge in [0.1, 0.15) is 11.9 Å². The van der Waals surface area contributed by atoms with Crippen LogP contribution in [0.2, 0.25) is 0 Å². The van der Waals surface area contributed by atoms with Gasteiger partial charge in [-0.05, 0) is 31.7 Å². The lowest BCUT2D eigenvalue weighted by molar-refractivity contribution is -0.384. The molecule has 1 aliphatic carbocycles. The number of ether oxygens (including phenoxy) is 1. The van der Waals surface area contributed by atoms with Crippen LogP contribution in [-0.2, 0) is 0 Å². The number of benzene rings is 1. The molecule has 1 fully saturated rings. The number of primary amides is 1. The van der Waals surface area contributed by atoms with Crippen LogP contribution in [0.15, 0.2) is 18.2 Å². The number of nitrogens with zero attached hydrogens (tertiary/aromatic N) is 1. The minimum absolute atomic E-state index is 0.0262. The summed E-state index contributed by atoms with van der Waals surface area (Å²) in [6, 6.07) is 3.94. The van der Waals surface area contributed by atoms with Gasteiger partial charge in [-0.25, -0.2) is 0 Å². The zero-order valence-electron chi connectivity index (χ0n) is 11.0. The molecule has 0 aromatic heterocycles. The SMILES string of the molecule is NC(=O)c1cc([N+](=O)[O-])ccc1OC1CCCC(N)C1. The van der Waals surface area contributed by atoms with E-state index >= 15 is 0 Å². The predicted octanol–water partition coefficient (Wildman–Crippen LogP) is 1.34. The summed E-state index contributed by atoms with van der Waals surface area (Å²) >= 11 is 0. The molecule has 2 rings (SSSR count). The lowest BCUT2D eigenvalue weighted by Crippen LogP contribution is -2.34. The molecular weight excluding hydrogens is 262 g/mol. The van der Waals surface area contributed by atoms with Crippen LogP contribution in [0.4, 0.5) is 5.69 Å². The zero-order valence-corrected chi connectivity index (χ0v) is 11.0. The Bertz CT molecular complexity index is 532. The van der Waals surface area contributed by atoms with Gasteiger partial charge >= 0.3 is 0 Å². The summed E-state index contributed by atoms with van der Waals surface area (Å²) in [5, 5.41) is 10.7. The Hall–Kier alpha value is -2.15. The number of rotatable bonds is 4. The van der Waals surface area contributed by atoms with E-state index in [4.69, 9.17) is 16.2 Å². The average molecular weight is 279 g/mol. The van der Waals surface area contributed by atoms with Crippen LogP contribution < -0.4 is 16.2 Å². The molecule has 1 amide bonds. The Balaban J connectivity index is 2.22. The Morgan fingerprint density at radius 3 is 2.75 bits per heavy atom. The van der Waals surface area contributed by atoms with Gasteiger partial charge in [-0.2, -0.15) is 0 Å². The molecule has 1 aromatic carbocycles. The summed E-state index contributed by atoms with van der Waals surface area (Å²) in [6.07, 6.45) is 3.39. The van der Waals surface area contributed by atoms with Gasteiger partial charge in [0.15, 0.2) is 0 Å². The van der Waals surface area contributed by atoms with Crippen molar-refractivity contribution in [1.82, 2.24) is 0 Å². The van der Waals surface area contributed by atoms with Crippen LogP contribution in [0.1, 0.15) is 36.0 Å². The Labute approximate surface area is 116 Å². The van der Waals surface area contributed by atoms with Crippen LogP contribution in [0.3, 0.4) is 0 Å². The second-order valence-electron chi connectivity index (χ2n) is 4.97. The fraction of sp³-hybridized carbons (Fsp3) is 0.462. The van der Waals surface area contributed by atoms with E-state index in [1.165, 1.54) is 12.1 Å². The fourth-order valence-corrected chi connectivity index (χ4v) is 2.39.